The average molecular weight is 500 g/mol. The Labute approximate surface area is 213 Å². The highest BCUT2D eigenvalue weighted by Gasteiger charge is 2.46. The first kappa shape index (κ1) is 24.1. The molecule has 1 unspecified atom stereocenters. The standard InChI is InChI=1S/C29H25NO7/c1-35-29(34)20-9-7-19(8-10-20)25-24(26(31)21-11-12-22-23(17-21)37-16-15-36-22)27(32)28(33)30(25)14-13-18-5-3-2-4-6-18/h2-12,17,25,31H,13-16H2,1H3/b26-24+. The van der Waals surface area contributed by atoms with Crippen LogP contribution in [-0.2, 0) is 20.7 Å². The van der Waals surface area contributed by atoms with Gasteiger partial charge in [-0.05, 0) is 47.9 Å². The summed E-state index contributed by atoms with van der Waals surface area (Å²) in [6.07, 6.45) is 0.522. The van der Waals surface area contributed by atoms with Crippen molar-refractivity contribution in [2.24, 2.45) is 0 Å². The normalized spacial score (nSPS) is 18.1. The van der Waals surface area contributed by atoms with Crippen LogP contribution in [0.25, 0.3) is 5.76 Å². The van der Waals surface area contributed by atoms with E-state index in [2.05, 4.69) is 0 Å². The molecule has 3 aromatic rings. The number of Topliss-reactive ketones (excluding diaryl/α,β-unsaturated/α-hetero) is 1. The van der Waals surface area contributed by atoms with Crippen LogP contribution in [0.1, 0.15) is 33.1 Å². The second kappa shape index (κ2) is 10.2. The van der Waals surface area contributed by atoms with Gasteiger partial charge in [-0.3, -0.25) is 9.59 Å². The van der Waals surface area contributed by atoms with Crippen LogP contribution in [0.5, 0.6) is 11.5 Å². The van der Waals surface area contributed by atoms with Crippen LogP contribution in [0, 0.1) is 0 Å². The molecule has 8 nitrogen and oxygen atoms in total. The highest BCUT2D eigenvalue weighted by Crippen LogP contribution is 2.41. The van der Waals surface area contributed by atoms with Crippen LogP contribution >= 0.6 is 0 Å². The van der Waals surface area contributed by atoms with Crippen molar-refractivity contribution in [3.05, 3.63) is 101 Å². The number of amides is 1. The minimum absolute atomic E-state index is 0.0273. The molecule has 0 aromatic heterocycles. The molecule has 1 fully saturated rings. The summed E-state index contributed by atoms with van der Waals surface area (Å²) in [6, 6.07) is 20.1. The molecule has 1 N–H and O–H groups in total. The molecule has 2 aliphatic rings. The monoisotopic (exact) mass is 499 g/mol. The third-order valence-electron chi connectivity index (χ3n) is 6.49. The largest absolute Gasteiger partial charge is 0.507 e. The van der Waals surface area contributed by atoms with E-state index >= 15 is 0 Å². The van der Waals surface area contributed by atoms with Gasteiger partial charge in [-0.1, -0.05) is 42.5 Å². The van der Waals surface area contributed by atoms with E-state index in [0.717, 1.165) is 5.56 Å². The number of hydrogen-bond donors (Lipinski definition) is 1. The second-order valence-corrected chi connectivity index (χ2v) is 8.70. The SMILES string of the molecule is COC(=O)c1ccc(C2/C(=C(\O)c3ccc4c(c3)OCCO4)C(=O)C(=O)N2CCc2ccccc2)cc1. The van der Waals surface area contributed by atoms with Gasteiger partial charge < -0.3 is 24.2 Å². The predicted molar refractivity (Wildman–Crippen MR) is 134 cm³/mol. The maximum Gasteiger partial charge on any atom is 0.337 e. The van der Waals surface area contributed by atoms with Crippen molar-refractivity contribution >= 4 is 23.4 Å². The molecule has 0 saturated carbocycles. The number of nitrogens with zero attached hydrogens (tertiary/aromatic N) is 1. The Morgan fingerprint density at radius 1 is 0.946 bits per heavy atom. The lowest BCUT2D eigenvalue weighted by Gasteiger charge is -2.25. The van der Waals surface area contributed by atoms with Crippen molar-refractivity contribution in [1.82, 2.24) is 4.90 Å². The number of benzene rings is 3. The molecule has 188 valence electrons. The Morgan fingerprint density at radius 3 is 2.32 bits per heavy atom. The van der Waals surface area contributed by atoms with Crippen LogP contribution in [0.15, 0.2) is 78.4 Å². The Bertz CT molecular complexity index is 1380. The summed E-state index contributed by atoms with van der Waals surface area (Å²) in [5.41, 5.74) is 2.23. The van der Waals surface area contributed by atoms with E-state index < -0.39 is 23.7 Å². The van der Waals surface area contributed by atoms with Crippen molar-refractivity contribution in [3.8, 4) is 11.5 Å². The number of likely N-dealkylation sites (tertiary alicyclic amines) is 1. The van der Waals surface area contributed by atoms with Gasteiger partial charge in [-0.25, -0.2) is 4.79 Å². The molecule has 8 heteroatoms. The van der Waals surface area contributed by atoms with E-state index in [4.69, 9.17) is 14.2 Å². The van der Waals surface area contributed by atoms with Gasteiger partial charge in [0.05, 0.1) is 24.3 Å². The van der Waals surface area contributed by atoms with Gasteiger partial charge in [0.2, 0.25) is 0 Å². The maximum atomic E-state index is 13.3. The van der Waals surface area contributed by atoms with Crippen molar-refractivity contribution in [2.75, 3.05) is 26.9 Å². The number of ether oxygens (including phenoxy) is 3. The fourth-order valence-electron chi connectivity index (χ4n) is 4.62. The Hall–Kier alpha value is -4.59. The summed E-state index contributed by atoms with van der Waals surface area (Å²) in [4.78, 5) is 39.9. The lowest BCUT2D eigenvalue weighted by Crippen LogP contribution is -2.31. The number of methoxy groups -OCH3 is 1. The zero-order valence-electron chi connectivity index (χ0n) is 20.2. The Balaban J connectivity index is 1.57. The smallest absolute Gasteiger partial charge is 0.337 e. The van der Waals surface area contributed by atoms with E-state index in [1.807, 2.05) is 30.3 Å². The van der Waals surface area contributed by atoms with E-state index in [1.54, 1.807) is 42.5 Å². The number of rotatable bonds is 6. The molecular weight excluding hydrogens is 474 g/mol. The molecule has 2 heterocycles. The molecule has 1 saturated heterocycles. The maximum absolute atomic E-state index is 13.3. The van der Waals surface area contributed by atoms with Gasteiger partial charge in [-0.2, -0.15) is 0 Å². The third kappa shape index (κ3) is 4.65. The van der Waals surface area contributed by atoms with Gasteiger partial charge in [0.15, 0.2) is 11.5 Å². The number of ketones is 1. The van der Waals surface area contributed by atoms with Crippen LogP contribution in [0.3, 0.4) is 0 Å². The molecule has 37 heavy (non-hydrogen) atoms. The molecule has 3 aromatic carbocycles. The molecular formula is C29H25NO7. The van der Waals surface area contributed by atoms with E-state index in [9.17, 15) is 19.5 Å². The number of aliphatic hydroxyl groups excluding tert-OH is 1. The minimum Gasteiger partial charge on any atom is -0.507 e. The van der Waals surface area contributed by atoms with Crippen molar-refractivity contribution in [2.45, 2.75) is 12.5 Å². The number of aliphatic hydroxyl groups is 1. The van der Waals surface area contributed by atoms with Gasteiger partial charge in [0.25, 0.3) is 11.7 Å². The topological polar surface area (TPSA) is 102 Å². The zero-order chi connectivity index (χ0) is 25.9. The van der Waals surface area contributed by atoms with Crippen molar-refractivity contribution in [3.63, 3.8) is 0 Å². The first-order valence-corrected chi connectivity index (χ1v) is 11.9. The van der Waals surface area contributed by atoms with Crippen LogP contribution in [0.2, 0.25) is 0 Å². The van der Waals surface area contributed by atoms with E-state index in [-0.39, 0.29) is 17.9 Å². The molecule has 5 rings (SSSR count). The summed E-state index contributed by atoms with van der Waals surface area (Å²) in [6.45, 7) is 1.05. The average Bonchev–Trinajstić information content (AvgIpc) is 3.20. The van der Waals surface area contributed by atoms with Crippen molar-refractivity contribution in [1.29, 1.82) is 0 Å². The summed E-state index contributed by atoms with van der Waals surface area (Å²) < 4.78 is 16.0. The highest BCUT2D eigenvalue weighted by atomic mass is 16.6. The predicted octanol–water partition coefficient (Wildman–Crippen LogP) is 3.91. The zero-order valence-corrected chi connectivity index (χ0v) is 20.2. The first-order chi connectivity index (χ1) is 18.0. The van der Waals surface area contributed by atoms with Crippen LogP contribution < -0.4 is 9.47 Å². The number of carbonyl (C=O) groups excluding carboxylic acids is 3. The van der Waals surface area contributed by atoms with Gasteiger partial charge >= 0.3 is 5.97 Å². The number of fused-ring (bicyclic) bond motifs is 1. The lowest BCUT2D eigenvalue weighted by atomic mass is 9.94. The first-order valence-electron chi connectivity index (χ1n) is 11.9. The number of carbonyl (C=O) groups is 3. The van der Waals surface area contributed by atoms with Gasteiger partial charge in [0, 0.05) is 12.1 Å². The highest BCUT2D eigenvalue weighted by molar-refractivity contribution is 6.46. The Kier molecular flexibility index (Phi) is 6.64. The van der Waals surface area contributed by atoms with Crippen molar-refractivity contribution < 1.29 is 33.7 Å². The summed E-state index contributed by atoms with van der Waals surface area (Å²) in [5, 5.41) is 11.3. The molecule has 0 bridgehead atoms. The molecule has 2 aliphatic heterocycles. The molecule has 0 spiro atoms. The fourth-order valence-corrected chi connectivity index (χ4v) is 4.62. The number of hydrogen-bond acceptors (Lipinski definition) is 7. The van der Waals surface area contributed by atoms with Gasteiger partial charge in [0.1, 0.15) is 19.0 Å². The second-order valence-electron chi connectivity index (χ2n) is 8.70. The van der Waals surface area contributed by atoms with E-state index in [1.165, 1.54) is 12.0 Å². The third-order valence-corrected chi connectivity index (χ3v) is 6.49. The van der Waals surface area contributed by atoms with E-state index in [0.29, 0.717) is 47.8 Å². The molecule has 1 amide bonds. The minimum atomic E-state index is -0.844. The molecule has 1 atom stereocenters. The Morgan fingerprint density at radius 2 is 1.62 bits per heavy atom. The van der Waals surface area contributed by atoms with Gasteiger partial charge in [-0.15, -0.1) is 0 Å². The number of esters is 1. The quantitative estimate of drug-likeness (QED) is 0.237. The molecule has 0 radical (unpaired) electrons. The summed E-state index contributed by atoms with van der Waals surface area (Å²) >= 11 is 0. The summed E-state index contributed by atoms with van der Waals surface area (Å²) in [5.74, 6) is -1.28. The fraction of sp³-hybridized carbons (Fsp3) is 0.207. The molecule has 0 aliphatic carbocycles. The van der Waals surface area contributed by atoms with Crippen LogP contribution in [-0.4, -0.2) is 54.5 Å². The van der Waals surface area contributed by atoms with Crippen LogP contribution in [0.4, 0.5) is 0 Å². The summed E-state index contributed by atoms with van der Waals surface area (Å²) in [7, 11) is 1.29. The lowest BCUT2D eigenvalue weighted by molar-refractivity contribution is -0.139.